The SMILES string of the molecule is CCOc1ccccc1/C=C(\NC(=O)c1ccccc1)C(=O)Nc1ccc(SCC(=O)Nc2nc3ccccc3s2)cc1. The van der Waals surface area contributed by atoms with Crippen molar-refractivity contribution in [1.29, 1.82) is 0 Å². The van der Waals surface area contributed by atoms with Crippen LogP contribution in [0.1, 0.15) is 22.8 Å². The fourth-order valence-electron chi connectivity index (χ4n) is 4.05. The number of nitrogens with one attached hydrogen (secondary N) is 3. The summed E-state index contributed by atoms with van der Waals surface area (Å²) in [5.74, 6) is -0.257. The van der Waals surface area contributed by atoms with Crippen molar-refractivity contribution in [2.45, 2.75) is 11.8 Å². The minimum Gasteiger partial charge on any atom is -0.493 e. The van der Waals surface area contributed by atoms with Gasteiger partial charge in [-0.1, -0.05) is 59.9 Å². The zero-order valence-electron chi connectivity index (χ0n) is 23.2. The monoisotopic (exact) mass is 608 g/mol. The van der Waals surface area contributed by atoms with E-state index in [1.165, 1.54) is 23.1 Å². The van der Waals surface area contributed by atoms with E-state index in [2.05, 4.69) is 20.9 Å². The van der Waals surface area contributed by atoms with Gasteiger partial charge in [-0.05, 0) is 67.6 Å². The second kappa shape index (κ2) is 14.3. The zero-order chi connectivity index (χ0) is 30.0. The summed E-state index contributed by atoms with van der Waals surface area (Å²) in [5.41, 5.74) is 2.52. The van der Waals surface area contributed by atoms with Crippen LogP contribution in [0, 0.1) is 0 Å². The molecule has 0 saturated carbocycles. The molecule has 0 saturated heterocycles. The summed E-state index contributed by atoms with van der Waals surface area (Å²) >= 11 is 2.80. The number of thioether (sulfide) groups is 1. The van der Waals surface area contributed by atoms with Crippen molar-refractivity contribution >= 4 is 67.9 Å². The first-order valence-electron chi connectivity index (χ1n) is 13.5. The first-order chi connectivity index (χ1) is 21.0. The van der Waals surface area contributed by atoms with Crippen LogP contribution in [0.4, 0.5) is 10.8 Å². The van der Waals surface area contributed by atoms with Crippen molar-refractivity contribution in [1.82, 2.24) is 10.3 Å². The number of fused-ring (bicyclic) bond motifs is 1. The second-order valence-electron chi connectivity index (χ2n) is 9.15. The molecule has 0 aliphatic carbocycles. The summed E-state index contributed by atoms with van der Waals surface area (Å²) in [6.45, 7) is 2.33. The second-order valence-corrected chi connectivity index (χ2v) is 11.2. The van der Waals surface area contributed by atoms with Gasteiger partial charge in [0.25, 0.3) is 11.8 Å². The average molecular weight is 609 g/mol. The number of nitrogens with zero attached hydrogens (tertiary/aromatic N) is 1. The number of amides is 3. The lowest BCUT2D eigenvalue weighted by molar-refractivity contribution is -0.114. The maximum absolute atomic E-state index is 13.4. The molecule has 5 aromatic rings. The molecular formula is C33H28N4O4S2. The van der Waals surface area contributed by atoms with Crippen LogP contribution in [0.15, 0.2) is 114 Å². The van der Waals surface area contributed by atoms with Crippen LogP contribution in [-0.4, -0.2) is 35.1 Å². The van der Waals surface area contributed by atoms with Crippen LogP contribution < -0.4 is 20.7 Å². The molecule has 3 N–H and O–H groups in total. The molecule has 3 amide bonds. The molecule has 4 aromatic carbocycles. The van der Waals surface area contributed by atoms with Crippen LogP contribution in [0.3, 0.4) is 0 Å². The Morgan fingerprint density at radius 3 is 2.35 bits per heavy atom. The van der Waals surface area contributed by atoms with Crippen LogP contribution in [0.2, 0.25) is 0 Å². The molecule has 0 bridgehead atoms. The molecule has 1 heterocycles. The molecule has 10 heteroatoms. The van der Waals surface area contributed by atoms with Crippen LogP contribution in [0.5, 0.6) is 5.75 Å². The molecule has 0 radical (unpaired) electrons. The molecule has 0 aliphatic rings. The third-order valence-electron chi connectivity index (χ3n) is 6.07. The summed E-state index contributed by atoms with van der Waals surface area (Å²) in [4.78, 5) is 44.1. The van der Waals surface area contributed by atoms with Crippen LogP contribution in [-0.2, 0) is 9.59 Å². The van der Waals surface area contributed by atoms with Gasteiger partial charge in [0.2, 0.25) is 5.91 Å². The Labute approximate surface area is 257 Å². The molecule has 0 spiro atoms. The van der Waals surface area contributed by atoms with Gasteiger partial charge in [-0.25, -0.2) is 4.98 Å². The standard InChI is InChI=1S/C33H28N4O4S2/c1-2-41-28-14-8-6-12-23(28)20-27(35-31(39)22-10-4-3-5-11-22)32(40)34-24-16-18-25(19-17-24)42-21-30(38)37-33-36-26-13-7-9-15-29(26)43-33/h3-20H,2,21H2,1H3,(H,34,40)(H,35,39)(H,36,37,38)/b27-20-. The maximum Gasteiger partial charge on any atom is 0.272 e. The summed E-state index contributed by atoms with van der Waals surface area (Å²) in [7, 11) is 0. The number of thiazole rings is 1. The number of hydrogen-bond donors (Lipinski definition) is 3. The van der Waals surface area contributed by atoms with Crippen LogP contribution in [0.25, 0.3) is 16.3 Å². The van der Waals surface area contributed by atoms with Crippen molar-refractivity contribution < 1.29 is 19.1 Å². The van der Waals surface area contributed by atoms with Gasteiger partial charge in [0.05, 0.1) is 22.6 Å². The number of hydrogen-bond acceptors (Lipinski definition) is 7. The summed E-state index contributed by atoms with van der Waals surface area (Å²) in [5, 5.41) is 9.01. The van der Waals surface area contributed by atoms with Crippen LogP contribution >= 0.6 is 23.1 Å². The Hall–Kier alpha value is -4.93. The number of anilines is 2. The Kier molecular flexibility index (Phi) is 9.83. The number of carbonyl (C=O) groups is 3. The topological polar surface area (TPSA) is 109 Å². The summed E-state index contributed by atoms with van der Waals surface area (Å²) in [6.07, 6.45) is 1.59. The third-order valence-corrected chi connectivity index (χ3v) is 8.03. The largest absolute Gasteiger partial charge is 0.493 e. The highest BCUT2D eigenvalue weighted by atomic mass is 32.2. The van der Waals surface area contributed by atoms with Gasteiger partial charge in [0.1, 0.15) is 11.4 Å². The first-order valence-corrected chi connectivity index (χ1v) is 15.3. The van der Waals surface area contributed by atoms with Gasteiger partial charge >= 0.3 is 0 Å². The van der Waals surface area contributed by atoms with Gasteiger partial charge in [-0.3, -0.25) is 14.4 Å². The molecule has 0 atom stereocenters. The van der Waals surface area contributed by atoms with E-state index < -0.39 is 11.8 Å². The van der Waals surface area contributed by atoms with Gasteiger partial charge in [-0.2, -0.15) is 0 Å². The molecular weight excluding hydrogens is 581 g/mol. The summed E-state index contributed by atoms with van der Waals surface area (Å²) in [6, 6.07) is 30.8. The number of ether oxygens (including phenoxy) is 1. The van der Waals surface area contributed by atoms with Gasteiger partial charge in [-0.15, -0.1) is 11.8 Å². The van der Waals surface area contributed by atoms with E-state index in [0.717, 1.165) is 15.1 Å². The predicted molar refractivity (Wildman–Crippen MR) is 174 cm³/mol. The molecule has 8 nitrogen and oxygen atoms in total. The maximum atomic E-state index is 13.4. The normalized spacial score (nSPS) is 11.1. The Bertz CT molecular complexity index is 1740. The minimum atomic E-state index is -0.494. The Balaban J connectivity index is 1.24. The number of carbonyl (C=O) groups excluding carboxylic acids is 3. The minimum absolute atomic E-state index is 0.0611. The van der Waals surface area contributed by atoms with Gasteiger partial charge in [0.15, 0.2) is 5.13 Å². The quantitative estimate of drug-likeness (QED) is 0.112. The Morgan fingerprint density at radius 1 is 0.860 bits per heavy atom. The lowest BCUT2D eigenvalue weighted by atomic mass is 10.1. The molecule has 216 valence electrons. The molecule has 43 heavy (non-hydrogen) atoms. The highest BCUT2D eigenvalue weighted by Gasteiger charge is 2.16. The number of rotatable bonds is 11. The average Bonchev–Trinajstić information content (AvgIpc) is 3.44. The highest BCUT2D eigenvalue weighted by Crippen LogP contribution is 2.27. The van der Waals surface area contributed by atoms with E-state index >= 15 is 0 Å². The molecule has 0 aliphatic heterocycles. The fourth-order valence-corrected chi connectivity index (χ4v) is 5.63. The van der Waals surface area contributed by atoms with E-state index in [1.807, 2.05) is 67.6 Å². The number of para-hydroxylation sites is 2. The predicted octanol–water partition coefficient (Wildman–Crippen LogP) is 6.84. The van der Waals surface area contributed by atoms with Crippen molar-refractivity contribution in [2.75, 3.05) is 23.0 Å². The van der Waals surface area contributed by atoms with Gasteiger partial charge in [0, 0.05) is 21.7 Å². The lowest BCUT2D eigenvalue weighted by Gasteiger charge is -2.13. The zero-order valence-corrected chi connectivity index (χ0v) is 24.8. The van der Waals surface area contributed by atoms with Crippen molar-refractivity contribution in [3.63, 3.8) is 0 Å². The van der Waals surface area contributed by atoms with E-state index in [1.54, 1.807) is 48.5 Å². The van der Waals surface area contributed by atoms with E-state index in [9.17, 15) is 14.4 Å². The molecule has 1 aromatic heterocycles. The van der Waals surface area contributed by atoms with E-state index in [4.69, 9.17) is 4.74 Å². The number of aromatic nitrogens is 1. The van der Waals surface area contributed by atoms with E-state index in [-0.39, 0.29) is 17.4 Å². The first kappa shape index (κ1) is 29.6. The molecule has 0 unspecified atom stereocenters. The van der Waals surface area contributed by atoms with E-state index in [0.29, 0.717) is 34.3 Å². The van der Waals surface area contributed by atoms with Crippen molar-refractivity contribution in [3.8, 4) is 5.75 Å². The molecule has 0 fully saturated rings. The number of benzene rings is 4. The fraction of sp³-hybridized carbons (Fsp3) is 0.0909. The smallest absolute Gasteiger partial charge is 0.272 e. The lowest BCUT2D eigenvalue weighted by Crippen LogP contribution is -2.30. The van der Waals surface area contributed by atoms with Gasteiger partial charge < -0.3 is 20.7 Å². The summed E-state index contributed by atoms with van der Waals surface area (Å²) < 4.78 is 6.72. The van der Waals surface area contributed by atoms with Crippen molar-refractivity contribution in [2.24, 2.45) is 0 Å². The molecule has 5 rings (SSSR count). The third kappa shape index (κ3) is 8.09. The van der Waals surface area contributed by atoms with Crippen molar-refractivity contribution in [3.05, 3.63) is 120 Å². The Morgan fingerprint density at radius 2 is 1.58 bits per heavy atom. The highest BCUT2D eigenvalue weighted by molar-refractivity contribution is 8.00.